The Morgan fingerprint density at radius 1 is 1.29 bits per heavy atom. The number of hydrogen-bond acceptors (Lipinski definition) is 1. The van der Waals surface area contributed by atoms with Crippen molar-refractivity contribution in [1.29, 1.82) is 0 Å². The van der Waals surface area contributed by atoms with E-state index in [4.69, 9.17) is 0 Å². The molecule has 1 aromatic rings. The molecule has 0 amide bonds. The van der Waals surface area contributed by atoms with Crippen molar-refractivity contribution in [1.82, 2.24) is 0 Å². The van der Waals surface area contributed by atoms with E-state index in [-0.39, 0.29) is 0 Å². The Bertz CT molecular complexity index is 307. The van der Waals surface area contributed by atoms with Gasteiger partial charge in [-0.25, -0.2) is 0 Å². The zero-order valence-corrected chi connectivity index (χ0v) is 9.12. The highest BCUT2D eigenvalue weighted by Gasteiger charge is 2.11. The molecule has 0 aliphatic heterocycles. The van der Waals surface area contributed by atoms with Gasteiger partial charge in [0.1, 0.15) is 0 Å². The first-order valence-corrected chi connectivity index (χ1v) is 5.02. The molecule has 1 aromatic carbocycles. The third kappa shape index (κ3) is 3.35. The van der Waals surface area contributed by atoms with Crippen molar-refractivity contribution in [2.75, 3.05) is 0 Å². The molecular weight excluding hydrogens is 172 g/mol. The summed E-state index contributed by atoms with van der Waals surface area (Å²) in [6.07, 6.45) is 4.54. The molecule has 0 aliphatic rings. The molecule has 0 aromatic heterocycles. The van der Waals surface area contributed by atoms with E-state index in [9.17, 15) is 5.11 Å². The van der Waals surface area contributed by atoms with E-state index in [1.54, 1.807) is 0 Å². The van der Waals surface area contributed by atoms with Gasteiger partial charge in [-0.15, -0.1) is 0 Å². The van der Waals surface area contributed by atoms with Crippen molar-refractivity contribution in [3.8, 4) is 0 Å². The van der Waals surface area contributed by atoms with Crippen molar-refractivity contribution in [3.05, 3.63) is 41.5 Å². The van der Waals surface area contributed by atoms with Gasteiger partial charge in [0.15, 0.2) is 0 Å². The largest absolute Gasteiger partial charge is 0.386 e. The number of aliphatic hydroxyl groups is 1. The Hall–Kier alpha value is -1.08. The lowest BCUT2D eigenvalue weighted by Crippen LogP contribution is -2.18. The zero-order chi connectivity index (χ0) is 10.6. The van der Waals surface area contributed by atoms with Gasteiger partial charge in [0.2, 0.25) is 0 Å². The molecule has 0 saturated heterocycles. The monoisotopic (exact) mass is 190 g/mol. The predicted molar refractivity (Wildman–Crippen MR) is 61.1 cm³/mol. The van der Waals surface area contributed by atoms with Gasteiger partial charge in [-0.2, -0.15) is 0 Å². The number of aryl methyl sites for hydroxylation is 1. The maximum absolute atomic E-state index is 9.75. The smallest absolute Gasteiger partial charge is 0.0800 e. The molecule has 1 heteroatoms. The van der Waals surface area contributed by atoms with Crippen LogP contribution in [0, 0.1) is 6.92 Å². The van der Waals surface area contributed by atoms with E-state index in [0.717, 1.165) is 12.0 Å². The molecule has 0 bridgehead atoms. The number of rotatable bonds is 3. The van der Waals surface area contributed by atoms with Crippen LogP contribution in [0.1, 0.15) is 31.4 Å². The minimum absolute atomic E-state index is 0.690. The average molecular weight is 190 g/mol. The van der Waals surface area contributed by atoms with Gasteiger partial charge in [0.05, 0.1) is 5.60 Å². The predicted octanol–water partition coefficient (Wildman–Crippen LogP) is 3.17. The first kappa shape index (κ1) is 11.0. The second-order valence-electron chi connectivity index (χ2n) is 3.95. The van der Waals surface area contributed by atoms with Gasteiger partial charge >= 0.3 is 0 Å². The van der Waals surface area contributed by atoms with E-state index < -0.39 is 5.60 Å². The van der Waals surface area contributed by atoms with E-state index >= 15 is 0 Å². The van der Waals surface area contributed by atoms with E-state index in [2.05, 4.69) is 31.2 Å². The first-order valence-electron chi connectivity index (χ1n) is 5.02. The lowest BCUT2D eigenvalue weighted by Gasteiger charge is -2.15. The van der Waals surface area contributed by atoms with E-state index in [1.165, 1.54) is 5.56 Å². The van der Waals surface area contributed by atoms with Gasteiger partial charge < -0.3 is 5.11 Å². The van der Waals surface area contributed by atoms with Gasteiger partial charge in [0.25, 0.3) is 0 Å². The summed E-state index contributed by atoms with van der Waals surface area (Å²) in [6, 6.07) is 8.25. The summed E-state index contributed by atoms with van der Waals surface area (Å²) in [5.41, 5.74) is 1.69. The first-order chi connectivity index (χ1) is 6.53. The average Bonchev–Trinajstić information content (AvgIpc) is 2.17. The Morgan fingerprint density at radius 2 is 1.86 bits per heavy atom. The summed E-state index contributed by atoms with van der Waals surface area (Å²) in [5.74, 6) is 0. The van der Waals surface area contributed by atoms with Gasteiger partial charge in [-0.3, -0.25) is 0 Å². The van der Waals surface area contributed by atoms with Crippen LogP contribution in [0.2, 0.25) is 0 Å². The molecular formula is C13H18O. The quantitative estimate of drug-likeness (QED) is 0.776. The molecule has 0 radical (unpaired) electrons. The molecule has 76 valence electrons. The zero-order valence-electron chi connectivity index (χ0n) is 9.12. The molecule has 1 nitrogen and oxygen atoms in total. The normalized spacial score (nSPS) is 15.7. The molecule has 0 spiro atoms. The Kier molecular flexibility index (Phi) is 3.48. The summed E-state index contributed by atoms with van der Waals surface area (Å²) in [7, 11) is 0. The highest BCUT2D eigenvalue weighted by Crippen LogP contribution is 2.13. The maximum atomic E-state index is 9.75. The van der Waals surface area contributed by atoms with Crippen LogP contribution in [0.25, 0.3) is 6.08 Å². The Balaban J connectivity index is 2.74. The lowest BCUT2D eigenvalue weighted by atomic mass is 10.0. The van der Waals surface area contributed by atoms with Gasteiger partial charge in [-0.05, 0) is 25.8 Å². The van der Waals surface area contributed by atoms with Crippen LogP contribution >= 0.6 is 0 Å². The third-order valence-corrected chi connectivity index (χ3v) is 2.43. The molecule has 1 atom stereocenters. The molecule has 0 saturated carbocycles. The Labute approximate surface area is 86.1 Å². The fourth-order valence-electron chi connectivity index (χ4n) is 1.07. The molecule has 0 heterocycles. The fraction of sp³-hybridized carbons (Fsp3) is 0.385. The lowest BCUT2D eigenvalue weighted by molar-refractivity contribution is 0.108. The van der Waals surface area contributed by atoms with Gasteiger partial charge in [-0.1, -0.05) is 48.9 Å². The van der Waals surface area contributed by atoms with E-state index in [1.807, 2.05) is 26.0 Å². The van der Waals surface area contributed by atoms with E-state index in [0.29, 0.717) is 0 Å². The van der Waals surface area contributed by atoms with Crippen LogP contribution in [0.5, 0.6) is 0 Å². The van der Waals surface area contributed by atoms with Crippen LogP contribution < -0.4 is 0 Å². The molecule has 0 aliphatic carbocycles. The van der Waals surface area contributed by atoms with Crippen molar-refractivity contribution in [2.24, 2.45) is 0 Å². The minimum atomic E-state index is -0.690. The van der Waals surface area contributed by atoms with Crippen LogP contribution in [-0.4, -0.2) is 10.7 Å². The van der Waals surface area contributed by atoms with Crippen molar-refractivity contribution in [3.63, 3.8) is 0 Å². The van der Waals surface area contributed by atoms with Crippen LogP contribution in [0.3, 0.4) is 0 Å². The van der Waals surface area contributed by atoms with Crippen LogP contribution in [-0.2, 0) is 0 Å². The summed E-state index contributed by atoms with van der Waals surface area (Å²) < 4.78 is 0. The second kappa shape index (κ2) is 4.43. The third-order valence-electron chi connectivity index (χ3n) is 2.43. The highest BCUT2D eigenvalue weighted by atomic mass is 16.3. The topological polar surface area (TPSA) is 20.2 Å². The van der Waals surface area contributed by atoms with Crippen molar-refractivity contribution < 1.29 is 5.11 Å². The summed E-state index contributed by atoms with van der Waals surface area (Å²) in [5, 5.41) is 9.75. The van der Waals surface area contributed by atoms with Gasteiger partial charge in [0, 0.05) is 0 Å². The van der Waals surface area contributed by atoms with Crippen LogP contribution in [0.15, 0.2) is 30.3 Å². The SMILES string of the molecule is CCC(C)(O)/C=C/c1ccc(C)cc1. The standard InChI is InChI=1S/C13H18O/c1-4-13(3,14)10-9-12-7-5-11(2)6-8-12/h5-10,14H,4H2,1-3H3/b10-9+. The molecule has 1 rings (SSSR count). The minimum Gasteiger partial charge on any atom is -0.386 e. The maximum Gasteiger partial charge on any atom is 0.0800 e. The molecule has 1 N–H and O–H groups in total. The van der Waals surface area contributed by atoms with Crippen LogP contribution in [0.4, 0.5) is 0 Å². The fourth-order valence-corrected chi connectivity index (χ4v) is 1.07. The molecule has 14 heavy (non-hydrogen) atoms. The molecule has 0 fully saturated rings. The van der Waals surface area contributed by atoms with Crippen molar-refractivity contribution >= 4 is 6.08 Å². The Morgan fingerprint density at radius 3 is 2.36 bits per heavy atom. The van der Waals surface area contributed by atoms with Crippen molar-refractivity contribution in [2.45, 2.75) is 32.8 Å². The second-order valence-corrected chi connectivity index (χ2v) is 3.95. The summed E-state index contributed by atoms with van der Waals surface area (Å²) in [4.78, 5) is 0. The summed E-state index contributed by atoms with van der Waals surface area (Å²) >= 11 is 0. The summed E-state index contributed by atoms with van der Waals surface area (Å²) in [6.45, 7) is 5.85. The number of benzene rings is 1. The number of hydrogen-bond donors (Lipinski definition) is 1. The molecule has 1 unspecified atom stereocenters. The highest BCUT2D eigenvalue weighted by molar-refractivity contribution is 5.50.